The highest BCUT2D eigenvalue weighted by atomic mass is 35.5. The van der Waals surface area contributed by atoms with E-state index in [4.69, 9.17) is 46.4 Å². The first kappa shape index (κ1) is 8.48. The molecule has 0 radical (unpaired) electrons. The molecule has 54 valence electrons. The highest BCUT2D eigenvalue weighted by molar-refractivity contribution is 6.50. The monoisotopic (exact) mass is 214 g/mol. The van der Waals surface area contributed by atoms with Gasteiger partial charge in [0, 0.05) is 11.1 Å². The fourth-order valence-corrected chi connectivity index (χ4v) is 1.44. The quantitative estimate of drug-likeness (QED) is 0.575. The van der Waals surface area contributed by atoms with E-state index in [0.29, 0.717) is 20.7 Å². The Balaban J connectivity index is 3.12. The molecule has 0 aromatic heterocycles. The zero-order chi connectivity index (χ0) is 7.72. The van der Waals surface area contributed by atoms with Gasteiger partial charge in [-0.25, -0.2) is 0 Å². The molecule has 0 nitrogen and oxygen atoms in total. The predicted molar refractivity (Wildman–Crippen MR) is 46.6 cm³/mol. The topological polar surface area (TPSA) is 0 Å². The van der Waals surface area contributed by atoms with Gasteiger partial charge in [0.2, 0.25) is 0 Å². The van der Waals surface area contributed by atoms with Gasteiger partial charge >= 0.3 is 0 Å². The predicted octanol–water partition coefficient (Wildman–Crippen LogP) is 3.93. The van der Waals surface area contributed by atoms with Crippen molar-refractivity contribution < 1.29 is 0 Å². The summed E-state index contributed by atoms with van der Waals surface area (Å²) in [6, 6.07) is 0. The van der Waals surface area contributed by atoms with Crippen molar-refractivity contribution in [1.82, 2.24) is 0 Å². The Morgan fingerprint density at radius 3 is 1.90 bits per heavy atom. The maximum absolute atomic E-state index is 5.68. The summed E-state index contributed by atoms with van der Waals surface area (Å²) < 4.78 is 0. The molecule has 0 atom stereocenters. The van der Waals surface area contributed by atoms with Crippen LogP contribution >= 0.6 is 46.4 Å². The zero-order valence-corrected chi connectivity index (χ0v) is 7.69. The number of hydrogen-bond donors (Lipinski definition) is 0. The van der Waals surface area contributed by atoms with E-state index < -0.39 is 0 Å². The summed E-state index contributed by atoms with van der Waals surface area (Å²) in [6.07, 6.45) is 1.61. The average molecular weight is 216 g/mol. The van der Waals surface area contributed by atoms with Crippen LogP contribution in [0, 0.1) is 0 Å². The number of hydrogen-bond acceptors (Lipinski definition) is 0. The molecule has 1 aliphatic carbocycles. The van der Waals surface area contributed by atoms with Gasteiger partial charge in [-0.05, 0) is 6.08 Å². The van der Waals surface area contributed by atoms with Crippen LogP contribution < -0.4 is 0 Å². The lowest BCUT2D eigenvalue weighted by Gasteiger charge is -1.89. The fourth-order valence-electron chi connectivity index (χ4n) is 0.574. The minimum Gasteiger partial charge on any atom is -0.0922 e. The Bertz CT molecular complexity index is 246. The van der Waals surface area contributed by atoms with Crippen LogP contribution in [0.5, 0.6) is 0 Å². The van der Waals surface area contributed by atoms with Gasteiger partial charge in [0.25, 0.3) is 0 Å². The third kappa shape index (κ3) is 1.35. The van der Waals surface area contributed by atoms with E-state index in [1.54, 1.807) is 6.08 Å². The molecule has 0 aromatic carbocycles. The summed E-state index contributed by atoms with van der Waals surface area (Å²) in [7, 11) is 0. The molecule has 0 spiro atoms. The highest BCUT2D eigenvalue weighted by Crippen LogP contribution is 2.37. The maximum Gasteiger partial charge on any atom is 0.0785 e. The first-order valence-electron chi connectivity index (χ1n) is 2.40. The molecule has 4 heteroatoms. The Morgan fingerprint density at radius 1 is 1.10 bits per heavy atom. The lowest BCUT2D eigenvalue weighted by Crippen LogP contribution is -1.69. The second-order valence-electron chi connectivity index (χ2n) is 1.68. The smallest absolute Gasteiger partial charge is 0.0785 e. The van der Waals surface area contributed by atoms with Gasteiger partial charge in [0.15, 0.2) is 0 Å². The van der Waals surface area contributed by atoms with Crippen molar-refractivity contribution >= 4 is 46.4 Å². The second-order valence-corrected chi connectivity index (χ2v) is 3.07. The Kier molecular flexibility index (Phi) is 2.70. The molecule has 1 aliphatic rings. The van der Waals surface area contributed by atoms with E-state index in [1.165, 1.54) is 5.54 Å². The third-order valence-corrected chi connectivity index (χ3v) is 2.58. The summed E-state index contributed by atoms with van der Waals surface area (Å²) in [5.74, 6) is 0. The number of halogens is 4. The van der Waals surface area contributed by atoms with Crippen molar-refractivity contribution in [2.75, 3.05) is 0 Å². The van der Waals surface area contributed by atoms with Crippen LogP contribution in [-0.2, 0) is 0 Å². The lowest BCUT2D eigenvalue weighted by atomic mass is 10.3. The SMILES string of the molecule is ClC=C1C=C(Cl)C(Cl)=C1Cl. The van der Waals surface area contributed by atoms with Gasteiger partial charge in [-0.1, -0.05) is 46.4 Å². The molecule has 0 saturated heterocycles. The molecule has 0 N–H and O–H groups in total. The molecule has 0 aliphatic heterocycles. The van der Waals surface area contributed by atoms with Crippen LogP contribution in [0.15, 0.2) is 32.3 Å². The van der Waals surface area contributed by atoms with Crippen molar-refractivity contribution in [3.05, 3.63) is 32.3 Å². The first-order chi connectivity index (χ1) is 4.66. The summed E-state index contributed by atoms with van der Waals surface area (Å²) in [4.78, 5) is 0. The van der Waals surface area contributed by atoms with E-state index in [0.717, 1.165) is 0 Å². The van der Waals surface area contributed by atoms with Crippen LogP contribution in [0.1, 0.15) is 0 Å². The molecule has 0 amide bonds. The second kappa shape index (κ2) is 3.19. The number of rotatable bonds is 0. The Morgan fingerprint density at radius 2 is 1.70 bits per heavy atom. The van der Waals surface area contributed by atoms with Crippen LogP contribution in [-0.4, -0.2) is 0 Å². The standard InChI is InChI=1S/C6H2Cl4/c7-2-3-1-4(8)6(10)5(3)9/h1-2H. The molecule has 0 heterocycles. The molecule has 10 heavy (non-hydrogen) atoms. The van der Waals surface area contributed by atoms with Crippen molar-refractivity contribution in [3.8, 4) is 0 Å². The largest absolute Gasteiger partial charge is 0.0922 e. The van der Waals surface area contributed by atoms with Crippen LogP contribution in [0.3, 0.4) is 0 Å². The van der Waals surface area contributed by atoms with Gasteiger partial charge in [-0.3, -0.25) is 0 Å². The number of allylic oxidation sites excluding steroid dienone is 5. The highest BCUT2D eigenvalue weighted by Gasteiger charge is 2.16. The summed E-state index contributed by atoms with van der Waals surface area (Å²) in [6.45, 7) is 0. The van der Waals surface area contributed by atoms with Gasteiger partial charge < -0.3 is 0 Å². The van der Waals surface area contributed by atoms with Crippen molar-refractivity contribution in [2.24, 2.45) is 0 Å². The fraction of sp³-hybridized carbons (Fsp3) is 0. The van der Waals surface area contributed by atoms with Crippen LogP contribution in [0.2, 0.25) is 0 Å². The maximum atomic E-state index is 5.68. The van der Waals surface area contributed by atoms with E-state index in [9.17, 15) is 0 Å². The zero-order valence-electron chi connectivity index (χ0n) is 4.67. The molecular formula is C6H2Cl4. The minimum atomic E-state index is 0.357. The minimum absolute atomic E-state index is 0.357. The van der Waals surface area contributed by atoms with Crippen LogP contribution in [0.4, 0.5) is 0 Å². The van der Waals surface area contributed by atoms with Gasteiger partial charge in [0.1, 0.15) is 0 Å². The molecule has 0 fully saturated rings. The average Bonchev–Trinajstić information content (AvgIpc) is 2.17. The Hall–Kier alpha value is 0.380. The van der Waals surface area contributed by atoms with Crippen molar-refractivity contribution in [1.29, 1.82) is 0 Å². The van der Waals surface area contributed by atoms with E-state index in [-0.39, 0.29) is 0 Å². The molecule has 0 aromatic rings. The van der Waals surface area contributed by atoms with Gasteiger partial charge in [-0.15, -0.1) is 0 Å². The van der Waals surface area contributed by atoms with Crippen LogP contribution in [0.25, 0.3) is 0 Å². The normalized spacial score (nSPS) is 22.4. The van der Waals surface area contributed by atoms with Crippen molar-refractivity contribution in [2.45, 2.75) is 0 Å². The third-order valence-electron chi connectivity index (χ3n) is 1.06. The summed E-state index contributed by atoms with van der Waals surface area (Å²) in [5, 5.41) is 1.19. The molecular weight excluding hydrogens is 214 g/mol. The van der Waals surface area contributed by atoms with Gasteiger partial charge in [0.05, 0.1) is 15.1 Å². The molecule has 0 unspecified atom stereocenters. The summed E-state index contributed by atoms with van der Waals surface area (Å²) >= 11 is 22.3. The van der Waals surface area contributed by atoms with E-state index in [2.05, 4.69) is 0 Å². The molecule has 0 saturated carbocycles. The van der Waals surface area contributed by atoms with Gasteiger partial charge in [-0.2, -0.15) is 0 Å². The Labute approximate surface area is 78.7 Å². The molecule has 0 bridgehead atoms. The lowest BCUT2D eigenvalue weighted by molar-refractivity contribution is 1.76. The molecule has 1 rings (SSSR count). The summed E-state index contributed by atoms with van der Waals surface area (Å²) in [5.41, 5.74) is 1.98. The first-order valence-corrected chi connectivity index (χ1v) is 3.97. The van der Waals surface area contributed by atoms with E-state index >= 15 is 0 Å². The van der Waals surface area contributed by atoms with E-state index in [1.807, 2.05) is 0 Å². The van der Waals surface area contributed by atoms with Crippen molar-refractivity contribution in [3.63, 3.8) is 0 Å².